The van der Waals surface area contributed by atoms with Gasteiger partial charge in [-0.05, 0) is 36.8 Å². The van der Waals surface area contributed by atoms with Crippen LogP contribution in [0.15, 0.2) is 58.5 Å². The van der Waals surface area contributed by atoms with Crippen LogP contribution in [0, 0.1) is 6.92 Å². The lowest BCUT2D eigenvalue weighted by Crippen LogP contribution is -2.34. The number of carbonyl (C=O) groups excluding carboxylic acids is 1. The number of carbonyl (C=O) groups is 1. The summed E-state index contributed by atoms with van der Waals surface area (Å²) in [6, 6.07) is 13.2. The summed E-state index contributed by atoms with van der Waals surface area (Å²) in [6.07, 6.45) is 1.43. The molecule has 2 aromatic rings. The summed E-state index contributed by atoms with van der Waals surface area (Å²) in [7, 11) is -3.73. The molecule has 0 atom stereocenters. The first-order valence-corrected chi connectivity index (χ1v) is 8.87. The van der Waals surface area contributed by atoms with E-state index in [1.54, 1.807) is 36.4 Å². The van der Waals surface area contributed by atoms with Crippen LogP contribution in [-0.4, -0.2) is 27.1 Å². The average molecular weight is 366 g/mol. The van der Waals surface area contributed by atoms with E-state index in [1.807, 2.05) is 6.92 Å². The molecule has 0 heterocycles. The van der Waals surface area contributed by atoms with E-state index < -0.39 is 22.5 Å². The second-order valence-electron chi connectivity index (χ2n) is 4.98. The van der Waals surface area contributed by atoms with E-state index in [-0.39, 0.29) is 4.90 Å². The van der Waals surface area contributed by atoms with Gasteiger partial charge < -0.3 is 0 Å². The maximum Gasteiger partial charge on any atom is 0.255 e. The molecule has 1 amide bonds. The summed E-state index contributed by atoms with van der Waals surface area (Å²) in [5, 5.41) is 4.35. The Hall–Kier alpha value is -2.22. The molecule has 0 spiro atoms. The van der Waals surface area contributed by atoms with Gasteiger partial charge in [0.25, 0.3) is 5.91 Å². The molecule has 2 aromatic carbocycles. The topological polar surface area (TPSA) is 87.6 Å². The molecular weight excluding hydrogens is 350 g/mol. The first-order valence-electron chi connectivity index (χ1n) is 7.01. The van der Waals surface area contributed by atoms with Gasteiger partial charge in [0.15, 0.2) is 0 Å². The number of hydrazone groups is 1. The fourth-order valence-electron chi connectivity index (χ4n) is 1.73. The Morgan fingerprint density at radius 3 is 2.38 bits per heavy atom. The Morgan fingerprint density at radius 1 is 1.12 bits per heavy atom. The number of sulfonamides is 1. The van der Waals surface area contributed by atoms with E-state index >= 15 is 0 Å². The highest BCUT2D eigenvalue weighted by Crippen LogP contribution is 2.09. The zero-order chi connectivity index (χ0) is 17.6. The van der Waals surface area contributed by atoms with Crippen molar-refractivity contribution in [1.82, 2.24) is 10.1 Å². The van der Waals surface area contributed by atoms with E-state index in [4.69, 9.17) is 11.6 Å². The molecule has 0 unspecified atom stereocenters. The van der Waals surface area contributed by atoms with Gasteiger partial charge in [-0.25, -0.2) is 18.6 Å². The van der Waals surface area contributed by atoms with Gasteiger partial charge in [0.2, 0.25) is 10.0 Å². The van der Waals surface area contributed by atoms with Crippen molar-refractivity contribution in [1.29, 1.82) is 0 Å². The summed E-state index contributed by atoms with van der Waals surface area (Å²) in [6.45, 7) is 1.45. The molecule has 0 bridgehead atoms. The van der Waals surface area contributed by atoms with Crippen LogP contribution < -0.4 is 10.1 Å². The maximum atomic E-state index is 12.0. The number of nitrogens with zero attached hydrogens (tertiary/aromatic N) is 1. The predicted octanol–water partition coefficient (Wildman–Crippen LogP) is 2.08. The molecule has 0 aliphatic carbocycles. The molecule has 8 heteroatoms. The molecule has 0 aliphatic rings. The molecule has 0 fully saturated rings. The van der Waals surface area contributed by atoms with Crippen LogP contribution in [0.4, 0.5) is 0 Å². The summed E-state index contributed by atoms with van der Waals surface area (Å²) in [4.78, 5) is 11.7. The van der Waals surface area contributed by atoms with Gasteiger partial charge >= 0.3 is 0 Å². The molecule has 24 heavy (non-hydrogen) atoms. The first-order chi connectivity index (χ1) is 11.4. The number of aryl methyl sites for hydroxylation is 1. The second-order valence-corrected chi connectivity index (χ2v) is 7.19. The van der Waals surface area contributed by atoms with Gasteiger partial charge in [0.1, 0.15) is 0 Å². The normalized spacial score (nSPS) is 11.6. The Bertz CT molecular complexity index is 832. The van der Waals surface area contributed by atoms with Gasteiger partial charge in [-0.3, -0.25) is 4.79 Å². The molecule has 0 aromatic heterocycles. The van der Waals surface area contributed by atoms with Gasteiger partial charge in [0.05, 0.1) is 17.7 Å². The Morgan fingerprint density at radius 2 is 1.75 bits per heavy atom. The monoisotopic (exact) mass is 365 g/mol. The molecule has 0 aliphatic heterocycles. The van der Waals surface area contributed by atoms with E-state index in [0.717, 1.165) is 11.1 Å². The SMILES string of the molecule is Cc1ccc(S(=O)(=O)NCC(=O)N/N=C/c2ccc(Cl)cc2)cc1. The standard InChI is InChI=1S/C16H16ClN3O3S/c1-12-2-8-15(9-3-12)24(22,23)19-11-16(21)20-18-10-13-4-6-14(17)7-5-13/h2-10,19H,11H2,1H3,(H,20,21)/b18-10+. The van der Waals surface area contributed by atoms with Gasteiger partial charge in [0, 0.05) is 5.02 Å². The predicted molar refractivity (Wildman–Crippen MR) is 93.6 cm³/mol. The average Bonchev–Trinajstić information content (AvgIpc) is 2.55. The lowest BCUT2D eigenvalue weighted by atomic mass is 10.2. The second kappa shape index (κ2) is 8.05. The van der Waals surface area contributed by atoms with Gasteiger partial charge in [-0.1, -0.05) is 41.4 Å². The maximum absolute atomic E-state index is 12.0. The van der Waals surface area contributed by atoms with Crippen LogP contribution in [0.3, 0.4) is 0 Å². The van der Waals surface area contributed by atoms with Crippen LogP contribution >= 0.6 is 11.6 Å². The number of nitrogens with one attached hydrogen (secondary N) is 2. The number of benzene rings is 2. The van der Waals surface area contributed by atoms with Crippen molar-refractivity contribution in [2.75, 3.05) is 6.54 Å². The molecule has 126 valence electrons. The molecule has 6 nitrogen and oxygen atoms in total. The minimum absolute atomic E-state index is 0.102. The summed E-state index contributed by atoms with van der Waals surface area (Å²) in [5.41, 5.74) is 3.95. The molecule has 0 radical (unpaired) electrons. The highest BCUT2D eigenvalue weighted by Gasteiger charge is 2.14. The molecule has 0 saturated carbocycles. The van der Waals surface area contributed by atoms with Crippen LogP contribution in [0.25, 0.3) is 0 Å². The van der Waals surface area contributed by atoms with Crippen molar-refractivity contribution in [3.63, 3.8) is 0 Å². The highest BCUT2D eigenvalue weighted by molar-refractivity contribution is 7.89. The van der Waals surface area contributed by atoms with Crippen molar-refractivity contribution < 1.29 is 13.2 Å². The number of hydrogen-bond donors (Lipinski definition) is 2. The molecular formula is C16H16ClN3O3S. The quantitative estimate of drug-likeness (QED) is 0.606. The van der Waals surface area contributed by atoms with Crippen LogP contribution in [0.1, 0.15) is 11.1 Å². The Labute approximate surface area is 145 Å². The highest BCUT2D eigenvalue weighted by atomic mass is 35.5. The van der Waals surface area contributed by atoms with Crippen LogP contribution in [0.2, 0.25) is 5.02 Å². The zero-order valence-electron chi connectivity index (χ0n) is 12.9. The Balaban J connectivity index is 1.86. The summed E-state index contributed by atoms with van der Waals surface area (Å²) >= 11 is 5.76. The Kier molecular flexibility index (Phi) is 6.08. The first kappa shape index (κ1) is 18.1. The lowest BCUT2D eigenvalue weighted by molar-refractivity contribution is -0.119. The van der Waals surface area contributed by atoms with Crippen molar-refractivity contribution in [3.05, 3.63) is 64.7 Å². The molecule has 0 saturated heterocycles. The summed E-state index contributed by atoms with van der Waals surface area (Å²) in [5.74, 6) is -0.573. The third kappa shape index (κ3) is 5.45. The third-order valence-corrected chi connectivity index (χ3v) is 4.70. The number of amides is 1. The third-order valence-electron chi connectivity index (χ3n) is 3.03. The minimum Gasteiger partial charge on any atom is -0.272 e. The molecule has 2 rings (SSSR count). The van der Waals surface area contributed by atoms with E-state index in [2.05, 4.69) is 15.2 Å². The van der Waals surface area contributed by atoms with Crippen molar-refractivity contribution in [2.45, 2.75) is 11.8 Å². The fraction of sp³-hybridized carbons (Fsp3) is 0.125. The minimum atomic E-state index is -3.73. The lowest BCUT2D eigenvalue weighted by Gasteiger charge is -2.06. The van der Waals surface area contributed by atoms with Gasteiger partial charge in [-0.2, -0.15) is 5.10 Å². The summed E-state index contributed by atoms with van der Waals surface area (Å²) < 4.78 is 26.3. The number of rotatable bonds is 6. The van der Waals surface area contributed by atoms with Crippen molar-refractivity contribution in [3.8, 4) is 0 Å². The number of hydrogen-bond acceptors (Lipinski definition) is 4. The van der Waals surface area contributed by atoms with Crippen LogP contribution in [0.5, 0.6) is 0 Å². The van der Waals surface area contributed by atoms with Gasteiger partial charge in [-0.15, -0.1) is 0 Å². The van der Waals surface area contributed by atoms with E-state index in [9.17, 15) is 13.2 Å². The van der Waals surface area contributed by atoms with Crippen molar-refractivity contribution in [2.24, 2.45) is 5.10 Å². The molecule has 2 N–H and O–H groups in total. The zero-order valence-corrected chi connectivity index (χ0v) is 14.4. The van der Waals surface area contributed by atoms with Crippen molar-refractivity contribution >= 4 is 33.7 Å². The number of halogens is 1. The fourth-order valence-corrected chi connectivity index (χ4v) is 2.84. The largest absolute Gasteiger partial charge is 0.272 e. The van der Waals surface area contributed by atoms with Crippen LogP contribution in [-0.2, 0) is 14.8 Å². The van der Waals surface area contributed by atoms with E-state index in [0.29, 0.717) is 5.02 Å². The smallest absolute Gasteiger partial charge is 0.255 e. The van der Waals surface area contributed by atoms with E-state index in [1.165, 1.54) is 18.3 Å².